The molecule has 0 aliphatic heterocycles. The van der Waals surface area contributed by atoms with Gasteiger partial charge in [-0.3, -0.25) is 4.79 Å². The van der Waals surface area contributed by atoms with E-state index in [1.807, 2.05) is 6.92 Å². The summed E-state index contributed by atoms with van der Waals surface area (Å²) in [5.74, 6) is 1.97. The van der Waals surface area contributed by atoms with Gasteiger partial charge in [0.1, 0.15) is 6.29 Å². The van der Waals surface area contributed by atoms with Gasteiger partial charge >= 0.3 is 0 Å². The van der Waals surface area contributed by atoms with Crippen molar-refractivity contribution in [3.8, 4) is 11.5 Å². The molecule has 0 saturated heterocycles. The van der Waals surface area contributed by atoms with Gasteiger partial charge in [-0.05, 0) is 53.7 Å². The fraction of sp³-hybridized carbons (Fsp3) is 0.533. The molecular formula is C15H21BrO3. The van der Waals surface area contributed by atoms with Crippen LogP contribution < -0.4 is 9.47 Å². The highest BCUT2D eigenvalue weighted by Gasteiger charge is 2.12. The molecule has 1 rings (SSSR count). The second-order valence-corrected chi connectivity index (χ2v) is 5.62. The van der Waals surface area contributed by atoms with Gasteiger partial charge in [0.15, 0.2) is 11.5 Å². The minimum Gasteiger partial charge on any atom is -0.490 e. The van der Waals surface area contributed by atoms with Crippen molar-refractivity contribution >= 4 is 22.2 Å². The van der Waals surface area contributed by atoms with E-state index in [1.54, 1.807) is 12.1 Å². The Balaban J connectivity index is 2.76. The molecule has 0 aliphatic rings. The van der Waals surface area contributed by atoms with Crippen molar-refractivity contribution in [2.45, 2.75) is 33.6 Å². The number of benzene rings is 1. The third-order valence-electron chi connectivity index (χ3n) is 2.64. The minimum absolute atomic E-state index is 0.539. The van der Waals surface area contributed by atoms with Crippen molar-refractivity contribution in [3.05, 3.63) is 22.2 Å². The number of aldehydes is 1. The molecule has 0 N–H and O–H groups in total. The average Bonchev–Trinajstić information content (AvgIpc) is 2.36. The van der Waals surface area contributed by atoms with Crippen LogP contribution in [0, 0.1) is 5.92 Å². The smallest absolute Gasteiger partial charge is 0.175 e. The van der Waals surface area contributed by atoms with Crippen LogP contribution >= 0.6 is 15.9 Å². The number of rotatable bonds is 8. The summed E-state index contributed by atoms with van der Waals surface area (Å²) in [5, 5.41) is 0. The maximum atomic E-state index is 10.8. The molecule has 0 aliphatic carbocycles. The first-order chi connectivity index (χ1) is 9.08. The molecule has 0 atom stereocenters. The van der Waals surface area contributed by atoms with Gasteiger partial charge in [-0.2, -0.15) is 0 Å². The van der Waals surface area contributed by atoms with Gasteiger partial charge in [0.25, 0.3) is 0 Å². The zero-order chi connectivity index (χ0) is 14.3. The standard InChI is InChI=1S/C15H21BrO3/c1-4-18-14-9-12(10-17)8-13(16)15(14)19-7-5-6-11(2)3/h8-11H,4-7H2,1-3H3. The lowest BCUT2D eigenvalue weighted by atomic mass is 10.1. The number of ether oxygens (including phenoxy) is 2. The summed E-state index contributed by atoms with van der Waals surface area (Å²) in [6.45, 7) is 7.49. The van der Waals surface area contributed by atoms with Crippen LogP contribution in [-0.4, -0.2) is 19.5 Å². The molecule has 1 aromatic carbocycles. The Morgan fingerprint density at radius 3 is 2.63 bits per heavy atom. The Bertz CT molecular complexity index is 416. The van der Waals surface area contributed by atoms with Crippen molar-refractivity contribution in [2.75, 3.05) is 13.2 Å². The van der Waals surface area contributed by atoms with Crippen LogP contribution in [0.1, 0.15) is 44.0 Å². The third-order valence-corrected chi connectivity index (χ3v) is 3.23. The van der Waals surface area contributed by atoms with Crippen LogP contribution in [0.15, 0.2) is 16.6 Å². The molecule has 0 unspecified atom stereocenters. The first kappa shape index (κ1) is 16.0. The van der Waals surface area contributed by atoms with Crippen molar-refractivity contribution in [3.63, 3.8) is 0 Å². The molecule has 0 saturated carbocycles. The molecule has 19 heavy (non-hydrogen) atoms. The molecule has 106 valence electrons. The highest BCUT2D eigenvalue weighted by Crippen LogP contribution is 2.36. The summed E-state index contributed by atoms with van der Waals surface area (Å²) in [5.41, 5.74) is 0.574. The van der Waals surface area contributed by atoms with E-state index in [0.717, 1.165) is 23.6 Å². The molecular weight excluding hydrogens is 308 g/mol. The summed E-state index contributed by atoms with van der Waals surface area (Å²) in [6, 6.07) is 3.45. The first-order valence-electron chi connectivity index (χ1n) is 6.62. The number of hydrogen-bond acceptors (Lipinski definition) is 3. The van der Waals surface area contributed by atoms with Gasteiger partial charge in [-0.25, -0.2) is 0 Å². The quantitative estimate of drug-likeness (QED) is 0.521. The van der Waals surface area contributed by atoms with Crippen LogP contribution in [-0.2, 0) is 0 Å². The number of carbonyl (C=O) groups excluding carboxylic acids is 1. The number of halogens is 1. The third kappa shape index (κ3) is 5.23. The van der Waals surface area contributed by atoms with Crippen LogP contribution in [0.2, 0.25) is 0 Å². The molecule has 3 nitrogen and oxygen atoms in total. The van der Waals surface area contributed by atoms with Crippen molar-refractivity contribution in [1.29, 1.82) is 0 Å². The van der Waals surface area contributed by atoms with Crippen LogP contribution in [0.4, 0.5) is 0 Å². The highest BCUT2D eigenvalue weighted by atomic mass is 79.9. The molecule has 1 aromatic rings. The van der Waals surface area contributed by atoms with E-state index in [1.165, 1.54) is 0 Å². The van der Waals surface area contributed by atoms with Crippen molar-refractivity contribution in [2.24, 2.45) is 5.92 Å². The van der Waals surface area contributed by atoms with E-state index in [4.69, 9.17) is 9.47 Å². The molecule has 0 aromatic heterocycles. The Hall–Kier alpha value is -1.03. The summed E-state index contributed by atoms with van der Waals surface area (Å²) in [7, 11) is 0. The number of hydrogen-bond donors (Lipinski definition) is 0. The zero-order valence-electron chi connectivity index (χ0n) is 11.7. The summed E-state index contributed by atoms with van der Waals surface area (Å²) >= 11 is 3.43. The fourth-order valence-corrected chi connectivity index (χ4v) is 2.30. The SMILES string of the molecule is CCOc1cc(C=O)cc(Br)c1OCCCC(C)C. The molecule has 0 bridgehead atoms. The predicted molar refractivity (Wildman–Crippen MR) is 80.3 cm³/mol. The molecule has 0 spiro atoms. The van der Waals surface area contributed by atoms with E-state index in [-0.39, 0.29) is 0 Å². The van der Waals surface area contributed by atoms with Crippen molar-refractivity contribution in [1.82, 2.24) is 0 Å². The summed E-state index contributed by atoms with van der Waals surface area (Å²) < 4.78 is 12.1. The maximum absolute atomic E-state index is 10.8. The van der Waals surface area contributed by atoms with Gasteiger partial charge in [-0.15, -0.1) is 0 Å². The monoisotopic (exact) mass is 328 g/mol. The maximum Gasteiger partial charge on any atom is 0.175 e. The Morgan fingerprint density at radius 1 is 1.32 bits per heavy atom. The van der Waals surface area contributed by atoms with Gasteiger partial charge in [0.05, 0.1) is 17.7 Å². The van der Waals surface area contributed by atoms with Gasteiger partial charge in [0, 0.05) is 5.56 Å². The summed E-state index contributed by atoms with van der Waals surface area (Å²) in [6.07, 6.45) is 2.94. The molecule has 0 fully saturated rings. The number of carbonyl (C=O) groups is 1. The lowest BCUT2D eigenvalue weighted by Crippen LogP contribution is -2.03. The van der Waals surface area contributed by atoms with Gasteiger partial charge < -0.3 is 9.47 Å². The average molecular weight is 329 g/mol. The largest absolute Gasteiger partial charge is 0.490 e. The van der Waals surface area contributed by atoms with E-state index in [9.17, 15) is 4.79 Å². The summed E-state index contributed by atoms with van der Waals surface area (Å²) in [4.78, 5) is 10.8. The lowest BCUT2D eigenvalue weighted by molar-refractivity contribution is 0.112. The fourth-order valence-electron chi connectivity index (χ4n) is 1.72. The molecule has 0 radical (unpaired) electrons. The second kappa shape index (κ2) is 8.20. The Kier molecular flexibility index (Phi) is 6.92. The lowest BCUT2D eigenvalue weighted by Gasteiger charge is -2.14. The van der Waals surface area contributed by atoms with Crippen LogP contribution in [0.25, 0.3) is 0 Å². The van der Waals surface area contributed by atoms with E-state index in [2.05, 4.69) is 29.8 Å². The van der Waals surface area contributed by atoms with Crippen LogP contribution in [0.3, 0.4) is 0 Å². The van der Waals surface area contributed by atoms with E-state index < -0.39 is 0 Å². The van der Waals surface area contributed by atoms with Crippen LogP contribution in [0.5, 0.6) is 11.5 Å². The Labute approximate surface area is 123 Å². The normalized spacial score (nSPS) is 10.6. The molecule has 4 heteroatoms. The minimum atomic E-state index is 0.539. The van der Waals surface area contributed by atoms with E-state index >= 15 is 0 Å². The predicted octanol–water partition coefficient (Wildman–Crippen LogP) is 4.48. The van der Waals surface area contributed by atoms with Crippen molar-refractivity contribution < 1.29 is 14.3 Å². The molecule has 0 amide bonds. The zero-order valence-corrected chi connectivity index (χ0v) is 13.3. The molecule has 0 heterocycles. The Morgan fingerprint density at radius 2 is 2.05 bits per heavy atom. The topological polar surface area (TPSA) is 35.5 Å². The van der Waals surface area contributed by atoms with Gasteiger partial charge in [0.2, 0.25) is 0 Å². The van der Waals surface area contributed by atoms with Gasteiger partial charge in [-0.1, -0.05) is 13.8 Å². The first-order valence-corrected chi connectivity index (χ1v) is 7.42. The second-order valence-electron chi connectivity index (χ2n) is 4.77. The highest BCUT2D eigenvalue weighted by molar-refractivity contribution is 9.10. The van der Waals surface area contributed by atoms with E-state index in [0.29, 0.717) is 36.2 Å².